The highest BCUT2D eigenvalue weighted by molar-refractivity contribution is 5.86. The maximum atomic E-state index is 14.0. The van der Waals surface area contributed by atoms with Crippen LogP contribution >= 0.6 is 0 Å². The molecule has 8 heteroatoms. The van der Waals surface area contributed by atoms with E-state index in [1.54, 1.807) is 0 Å². The molecule has 6 rings (SSSR count). The monoisotopic (exact) mass is 599 g/mol. The number of fused-ring (bicyclic) bond motifs is 1. The number of benzene rings is 1. The Balaban J connectivity index is 1.15. The summed E-state index contributed by atoms with van der Waals surface area (Å²) in [7, 11) is 0. The minimum absolute atomic E-state index is 0.0931. The summed E-state index contributed by atoms with van der Waals surface area (Å²) in [6, 6.07) is 11.0. The molecule has 1 spiro atoms. The van der Waals surface area contributed by atoms with Crippen molar-refractivity contribution < 1.29 is 23.1 Å². The topological polar surface area (TPSA) is 61.9 Å². The normalized spacial score (nSPS) is 36.4. The standard InChI is InChI=1S/C35H51F2N3O3/c1-5-29-27-20-34(22-33(4,19-26-14-18-43-26)32(42)40(34)23(2)3)21-30(27)39(29)17-13-28(24-9-7-6-8-10-24)38-31(41)25-11-15-35(36,37)16-12-25/h6-10,23,25-30H,5,11-22H2,1-4H3,(H,38,41)/t26?,27?,28-,29?,30?,33+,34?/m0/s1. The van der Waals surface area contributed by atoms with Crippen LogP contribution in [0.3, 0.4) is 0 Å². The van der Waals surface area contributed by atoms with Crippen molar-refractivity contribution in [3.8, 4) is 0 Å². The van der Waals surface area contributed by atoms with Crippen LogP contribution in [0.15, 0.2) is 30.3 Å². The Labute approximate surface area is 256 Å². The van der Waals surface area contributed by atoms with E-state index in [-0.39, 0.29) is 66.6 Å². The summed E-state index contributed by atoms with van der Waals surface area (Å²) in [5.41, 5.74) is 0.598. The van der Waals surface area contributed by atoms with Crippen molar-refractivity contribution in [2.45, 2.75) is 140 Å². The number of rotatable bonds is 10. The minimum Gasteiger partial charge on any atom is -0.378 e. The van der Waals surface area contributed by atoms with Gasteiger partial charge in [0.2, 0.25) is 17.7 Å². The SMILES string of the molecule is CCC1C2CC3(CC2N1CC[C@H](NC(=O)C1CCC(F)(F)CC1)c1ccccc1)C[C@@](C)(CC1CCO1)C(=O)N3C(C)C. The number of carbonyl (C=O) groups excluding carboxylic acids is 2. The molecule has 3 saturated heterocycles. The zero-order valence-corrected chi connectivity index (χ0v) is 26.5. The highest BCUT2D eigenvalue weighted by atomic mass is 19.3. The summed E-state index contributed by atoms with van der Waals surface area (Å²) in [4.78, 5) is 32.2. The third-order valence-corrected chi connectivity index (χ3v) is 11.7. The van der Waals surface area contributed by atoms with E-state index in [1.807, 2.05) is 18.2 Å². The van der Waals surface area contributed by atoms with E-state index in [0.717, 1.165) is 63.7 Å². The molecule has 2 saturated carbocycles. The molecular weight excluding hydrogens is 548 g/mol. The molecule has 3 heterocycles. The number of halogens is 2. The van der Waals surface area contributed by atoms with E-state index in [2.05, 4.69) is 54.9 Å². The molecule has 6 nitrogen and oxygen atoms in total. The lowest BCUT2D eigenvalue weighted by molar-refractivity contribution is -0.143. The third-order valence-electron chi connectivity index (χ3n) is 11.7. The molecule has 2 aliphatic carbocycles. The van der Waals surface area contributed by atoms with Crippen LogP contribution in [0.4, 0.5) is 8.78 Å². The number of amides is 2. The lowest BCUT2D eigenvalue weighted by atomic mass is 9.75. The summed E-state index contributed by atoms with van der Waals surface area (Å²) < 4.78 is 33.3. The molecule has 43 heavy (non-hydrogen) atoms. The van der Waals surface area contributed by atoms with Gasteiger partial charge < -0.3 is 15.0 Å². The Bertz CT molecular complexity index is 1170. The van der Waals surface area contributed by atoms with Crippen LogP contribution in [0.2, 0.25) is 0 Å². The largest absolute Gasteiger partial charge is 0.378 e. The second-order valence-electron chi connectivity index (χ2n) is 15.0. The van der Waals surface area contributed by atoms with Crippen LogP contribution in [-0.2, 0) is 14.3 Å². The van der Waals surface area contributed by atoms with Crippen LogP contribution < -0.4 is 5.32 Å². The maximum absolute atomic E-state index is 14.0. The van der Waals surface area contributed by atoms with Gasteiger partial charge in [0.05, 0.1) is 17.6 Å². The van der Waals surface area contributed by atoms with Crippen molar-refractivity contribution in [1.82, 2.24) is 15.1 Å². The molecule has 1 N–H and O–H groups in total. The fraction of sp³-hybridized carbons (Fsp3) is 0.771. The molecule has 1 aromatic rings. The van der Waals surface area contributed by atoms with Gasteiger partial charge in [0.25, 0.3) is 0 Å². The molecule has 3 aliphatic heterocycles. The molecule has 0 bridgehead atoms. The van der Waals surface area contributed by atoms with Gasteiger partial charge >= 0.3 is 0 Å². The number of alkyl halides is 2. The molecule has 2 amide bonds. The van der Waals surface area contributed by atoms with Gasteiger partial charge in [0, 0.05) is 55.6 Å². The first-order valence-corrected chi connectivity index (χ1v) is 16.9. The van der Waals surface area contributed by atoms with Gasteiger partial charge in [-0.2, -0.15) is 0 Å². The van der Waals surface area contributed by atoms with Crippen LogP contribution in [0, 0.1) is 17.3 Å². The van der Waals surface area contributed by atoms with Gasteiger partial charge in [0.1, 0.15) is 0 Å². The zero-order valence-electron chi connectivity index (χ0n) is 26.5. The molecule has 0 radical (unpaired) electrons. The first kappa shape index (κ1) is 30.9. The van der Waals surface area contributed by atoms with Gasteiger partial charge in [0.15, 0.2) is 0 Å². The summed E-state index contributed by atoms with van der Waals surface area (Å²) >= 11 is 0. The highest BCUT2D eigenvalue weighted by Crippen LogP contribution is 2.60. The second-order valence-corrected chi connectivity index (χ2v) is 15.0. The predicted molar refractivity (Wildman–Crippen MR) is 163 cm³/mol. The van der Waals surface area contributed by atoms with Crippen molar-refractivity contribution in [3.63, 3.8) is 0 Å². The highest BCUT2D eigenvalue weighted by Gasteiger charge is 2.66. The van der Waals surface area contributed by atoms with Crippen molar-refractivity contribution in [1.29, 1.82) is 0 Å². The third kappa shape index (κ3) is 5.76. The molecule has 7 atom stereocenters. The van der Waals surface area contributed by atoms with Gasteiger partial charge in [-0.25, -0.2) is 8.78 Å². The summed E-state index contributed by atoms with van der Waals surface area (Å²) in [6.45, 7) is 10.5. The molecule has 5 aliphatic rings. The summed E-state index contributed by atoms with van der Waals surface area (Å²) in [6.07, 6.45) is 7.00. The summed E-state index contributed by atoms with van der Waals surface area (Å²) in [5, 5.41) is 3.27. The number of ether oxygens (including phenoxy) is 1. The average molecular weight is 600 g/mol. The maximum Gasteiger partial charge on any atom is 0.248 e. The van der Waals surface area contributed by atoms with Gasteiger partial charge in [-0.1, -0.05) is 44.2 Å². The van der Waals surface area contributed by atoms with E-state index < -0.39 is 5.92 Å². The van der Waals surface area contributed by atoms with E-state index >= 15 is 0 Å². The van der Waals surface area contributed by atoms with Gasteiger partial charge in [-0.15, -0.1) is 0 Å². The Morgan fingerprint density at radius 3 is 2.42 bits per heavy atom. The quantitative estimate of drug-likeness (QED) is 0.334. The Morgan fingerprint density at radius 2 is 1.81 bits per heavy atom. The molecule has 5 fully saturated rings. The Hall–Kier alpha value is -2.06. The van der Waals surface area contributed by atoms with E-state index in [9.17, 15) is 18.4 Å². The fourth-order valence-corrected chi connectivity index (χ4v) is 9.72. The minimum atomic E-state index is -2.64. The second kappa shape index (κ2) is 11.7. The van der Waals surface area contributed by atoms with Gasteiger partial charge in [-0.3, -0.25) is 14.5 Å². The van der Waals surface area contributed by atoms with E-state index in [1.165, 1.54) is 0 Å². The van der Waals surface area contributed by atoms with Crippen LogP contribution in [0.1, 0.15) is 110 Å². The van der Waals surface area contributed by atoms with Crippen molar-refractivity contribution in [2.75, 3.05) is 13.2 Å². The number of hydrogen-bond donors (Lipinski definition) is 1. The lowest BCUT2D eigenvalue weighted by Gasteiger charge is -2.53. The number of carbonyl (C=O) groups is 2. The lowest BCUT2D eigenvalue weighted by Crippen LogP contribution is -2.61. The van der Waals surface area contributed by atoms with E-state index in [4.69, 9.17) is 4.74 Å². The van der Waals surface area contributed by atoms with Crippen molar-refractivity contribution >= 4 is 11.8 Å². The molecule has 238 valence electrons. The molecule has 5 unspecified atom stereocenters. The molecule has 0 aromatic heterocycles. The van der Waals surface area contributed by atoms with Crippen LogP contribution in [0.5, 0.6) is 0 Å². The van der Waals surface area contributed by atoms with E-state index in [0.29, 0.717) is 23.9 Å². The molecule has 1 aromatic carbocycles. The number of nitrogens with one attached hydrogen (secondary N) is 1. The first-order chi connectivity index (χ1) is 20.5. The smallest absolute Gasteiger partial charge is 0.248 e. The predicted octanol–water partition coefficient (Wildman–Crippen LogP) is 6.50. The fourth-order valence-electron chi connectivity index (χ4n) is 9.72. The van der Waals surface area contributed by atoms with Crippen molar-refractivity contribution in [2.24, 2.45) is 17.3 Å². The van der Waals surface area contributed by atoms with Crippen LogP contribution in [0.25, 0.3) is 0 Å². The van der Waals surface area contributed by atoms with Crippen LogP contribution in [-0.4, -0.2) is 70.5 Å². The average Bonchev–Trinajstić information content (AvgIpc) is 3.36. The number of nitrogens with zero attached hydrogens (tertiary/aromatic N) is 2. The number of likely N-dealkylation sites (tertiary alicyclic amines) is 2. The Kier molecular flexibility index (Phi) is 8.42. The Morgan fingerprint density at radius 1 is 1.12 bits per heavy atom. The van der Waals surface area contributed by atoms with Crippen molar-refractivity contribution in [3.05, 3.63) is 35.9 Å². The van der Waals surface area contributed by atoms with Gasteiger partial charge in [-0.05, 0) is 83.1 Å². The zero-order chi connectivity index (χ0) is 30.6. The molecular formula is C35H51F2N3O3. The summed E-state index contributed by atoms with van der Waals surface area (Å²) in [5.74, 6) is -2.20. The first-order valence-electron chi connectivity index (χ1n) is 16.9. The number of hydrogen-bond acceptors (Lipinski definition) is 4.